The number of hydrogen-bond acceptors (Lipinski definition) is 1. The van der Waals surface area contributed by atoms with Crippen molar-refractivity contribution in [1.29, 1.82) is 0 Å². The van der Waals surface area contributed by atoms with Crippen LogP contribution in [0.2, 0.25) is 5.02 Å². The predicted octanol–water partition coefficient (Wildman–Crippen LogP) is 1.45. The van der Waals surface area contributed by atoms with Gasteiger partial charge in [-0.15, -0.1) is 0 Å². The van der Waals surface area contributed by atoms with Crippen molar-refractivity contribution in [2.75, 3.05) is 0 Å². The average molecular weight is 294 g/mol. The van der Waals surface area contributed by atoms with Gasteiger partial charge in [-0.3, -0.25) is 0 Å². The number of benzene rings is 1. The molecule has 0 aromatic heterocycles. The van der Waals surface area contributed by atoms with Gasteiger partial charge in [0.15, 0.2) is 5.96 Å². The summed E-state index contributed by atoms with van der Waals surface area (Å²) in [7, 11) is 0. The van der Waals surface area contributed by atoms with E-state index in [1.165, 1.54) is 0 Å². The predicted molar refractivity (Wildman–Crippen MR) is 67.6 cm³/mol. The number of aliphatic imine (C=N–C) groups is 2. The fourth-order valence-corrected chi connectivity index (χ4v) is 1.38. The van der Waals surface area contributed by atoms with Gasteiger partial charge in [0.25, 0.3) is 0 Å². The Labute approximate surface area is 112 Å². The van der Waals surface area contributed by atoms with E-state index in [1.54, 1.807) is 0 Å². The van der Waals surface area contributed by atoms with Crippen LogP contribution in [0.25, 0.3) is 0 Å². The van der Waals surface area contributed by atoms with Crippen molar-refractivity contribution in [3.8, 4) is 0 Å². The maximum atomic E-state index is 12.5. The molecule has 0 bridgehead atoms. The molecule has 0 unspecified atom stereocenters. The van der Waals surface area contributed by atoms with Gasteiger partial charge in [-0.25, -0.2) is 4.99 Å². The minimum atomic E-state index is -4.45. The van der Waals surface area contributed by atoms with Crippen molar-refractivity contribution in [1.82, 2.24) is 0 Å². The van der Waals surface area contributed by atoms with E-state index in [-0.39, 0.29) is 29.0 Å². The molecule has 5 nitrogen and oxygen atoms in total. The van der Waals surface area contributed by atoms with Crippen LogP contribution >= 0.6 is 11.6 Å². The van der Waals surface area contributed by atoms with Gasteiger partial charge in [-0.05, 0) is 23.8 Å². The molecule has 0 saturated heterocycles. The molecule has 1 aromatic rings. The molecule has 104 valence electrons. The Kier molecular flexibility index (Phi) is 4.60. The zero-order valence-electron chi connectivity index (χ0n) is 9.58. The highest BCUT2D eigenvalue weighted by Crippen LogP contribution is 2.31. The number of hydrogen-bond donors (Lipinski definition) is 3. The molecule has 1 rings (SSSR count). The van der Waals surface area contributed by atoms with Gasteiger partial charge < -0.3 is 17.2 Å². The van der Waals surface area contributed by atoms with Crippen LogP contribution in [0, 0.1) is 0 Å². The Morgan fingerprint density at radius 1 is 1.21 bits per heavy atom. The lowest BCUT2D eigenvalue weighted by molar-refractivity contribution is -0.137. The Balaban J connectivity index is 2.99. The molecular formula is C10H11ClF3N5. The van der Waals surface area contributed by atoms with Crippen LogP contribution in [0.5, 0.6) is 0 Å². The molecule has 0 aliphatic heterocycles. The lowest BCUT2D eigenvalue weighted by atomic mass is 10.1. The minimum Gasteiger partial charge on any atom is -0.370 e. The Morgan fingerprint density at radius 2 is 1.84 bits per heavy atom. The van der Waals surface area contributed by atoms with Crippen LogP contribution in [0.15, 0.2) is 28.2 Å². The van der Waals surface area contributed by atoms with Crippen LogP contribution in [-0.4, -0.2) is 11.9 Å². The van der Waals surface area contributed by atoms with E-state index in [1.807, 2.05) is 0 Å². The van der Waals surface area contributed by atoms with E-state index in [9.17, 15) is 13.2 Å². The summed E-state index contributed by atoms with van der Waals surface area (Å²) in [5.41, 5.74) is 14.8. The average Bonchev–Trinajstić information content (AvgIpc) is 2.25. The first kappa shape index (κ1) is 15.1. The Hall–Kier alpha value is -1.96. The quantitative estimate of drug-likeness (QED) is 0.568. The van der Waals surface area contributed by atoms with Gasteiger partial charge in [0.1, 0.15) is 0 Å². The van der Waals surface area contributed by atoms with Crippen LogP contribution in [0.1, 0.15) is 11.1 Å². The van der Waals surface area contributed by atoms with Crippen LogP contribution in [0.3, 0.4) is 0 Å². The summed E-state index contributed by atoms with van der Waals surface area (Å²) in [6.45, 7) is -0.161. The first-order chi connectivity index (χ1) is 8.70. The summed E-state index contributed by atoms with van der Waals surface area (Å²) in [6, 6.07) is 2.93. The lowest BCUT2D eigenvalue weighted by Gasteiger charge is -2.09. The van der Waals surface area contributed by atoms with Crippen LogP contribution < -0.4 is 17.2 Å². The molecule has 0 aliphatic carbocycles. The fourth-order valence-electron chi connectivity index (χ4n) is 1.21. The van der Waals surface area contributed by atoms with Gasteiger partial charge in [-0.2, -0.15) is 18.2 Å². The zero-order valence-corrected chi connectivity index (χ0v) is 10.3. The molecule has 0 heterocycles. The molecule has 0 aliphatic rings. The van der Waals surface area contributed by atoms with E-state index in [0.717, 1.165) is 18.2 Å². The number of nitrogens with zero attached hydrogens (tertiary/aromatic N) is 2. The summed E-state index contributed by atoms with van der Waals surface area (Å²) < 4.78 is 37.5. The van der Waals surface area contributed by atoms with Crippen LogP contribution in [-0.2, 0) is 12.7 Å². The lowest BCUT2D eigenvalue weighted by Crippen LogP contribution is -2.26. The van der Waals surface area contributed by atoms with E-state index in [0.29, 0.717) is 0 Å². The molecule has 0 fully saturated rings. The summed E-state index contributed by atoms with van der Waals surface area (Å²) in [5, 5.41) is 0.147. The monoisotopic (exact) mass is 293 g/mol. The highest BCUT2D eigenvalue weighted by atomic mass is 35.5. The van der Waals surface area contributed by atoms with E-state index in [4.69, 9.17) is 28.8 Å². The van der Waals surface area contributed by atoms with Gasteiger partial charge in [-0.1, -0.05) is 11.6 Å². The van der Waals surface area contributed by atoms with Gasteiger partial charge in [0.05, 0.1) is 12.1 Å². The smallest absolute Gasteiger partial charge is 0.370 e. The molecule has 19 heavy (non-hydrogen) atoms. The number of guanidine groups is 2. The molecule has 6 N–H and O–H groups in total. The van der Waals surface area contributed by atoms with Crippen molar-refractivity contribution in [3.05, 3.63) is 34.3 Å². The fraction of sp³-hybridized carbons (Fsp3) is 0.200. The zero-order chi connectivity index (χ0) is 14.6. The first-order valence-corrected chi connectivity index (χ1v) is 5.33. The van der Waals surface area contributed by atoms with Crippen molar-refractivity contribution in [3.63, 3.8) is 0 Å². The maximum absolute atomic E-state index is 12.5. The topological polar surface area (TPSA) is 103 Å². The maximum Gasteiger partial charge on any atom is 0.416 e. The molecule has 0 radical (unpaired) electrons. The number of halogens is 4. The van der Waals surface area contributed by atoms with Crippen molar-refractivity contribution < 1.29 is 13.2 Å². The Bertz CT molecular complexity index is 520. The Morgan fingerprint density at radius 3 is 2.37 bits per heavy atom. The molecule has 0 saturated carbocycles. The number of rotatable bonds is 2. The highest BCUT2D eigenvalue weighted by molar-refractivity contribution is 6.31. The van der Waals surface area contributed by atoms with Crippen LogP contribution in [0.4, 0.5) is 13.2 Å². The second-order valence-corrected chi connectivity index (χ2v) is 3.92. The number of nitrogens with two attached hydrogens (primary N) is 3. The second kappa shape index (κ2) is 5.79. The summed E-state index contributed by atoms with van der Waals surface area (Å²) in [6.07, 6.45) is -4.45. The van der Waals surface area contributed by atoms with E-state index >= 15 is 0 Å². The highest BCUT2D eigenvalue weighted by Gasteiger charge is 2.30. The second-order valence-electron chi connectivity index (χ2n) is 3.52. The summed E-state index contributed by atoms with van der Waals surface area (Å²) in [5.74, 6) is -0.537. The van der Waals surface area contributed by atoms with Crippen molar-refractivity contribution >= 4 is 23.5 Å². The van der Waals surface area contributed by atoms with Gasteiger partial charge in [0, 0.05) is 5.02 Å². The third kappa shape index (κ3) is 4.66. The molecule has 9 heteroatoms. The largest absolute Gasteiger partial charge is 0.416 e. The van der Waals surface area contributed by atoms with Crippen molar-refractivity contribution in [2.24, 2.45) is 27.2 Å². The standard InChI is InChI=1S/C10H11ClF3N5/c11-7-2-1-6(10(12,13)14)3-5(7)4-18-9(17)19-8(15)16/h1-3H,4H2,(H6,15,16,17,18,19). The number of alkyl halides is 3. The first-order valence-electron chi connectivity index (χ1n) is 4.95. The molecule has 0 spiro atoms. The summed E-state index contributed by atoms with van der Waals surface area (Å²) in [4.78, 5) is 7.14. The molecule has 1 aromatic carbocycles. The summed E-state index contributed by atoms with van der Waals surface area (Å²) >= 11 is 5.77. The van der Waals surface area contributed by atoms with E-state index < -0.39 is 11.7 Å². The third-order valence-corrected chi connectivity index (χ3v) is 2.40. The third-order valence-electron chi connectivity index (χ3n) is 2.03. The SMILES string of the molecule is NC(N)=NC(N)=NCc1cc(C(F)(F)F)ccc1Cl. The van der Waals surface area contributed by atoms with Gasteiger partial charge >= 0.3 is 6.18 Å². The molecule has 0 atom stereocenters. The van der Waals surface area contributed by atoms with Crippen molar-refractivity contribution in [2.45, 2.75) is 12.7 Å². The minimum absolute atomic E-state index is 0.147. The van der Waals surface area contributed by atoms with Gasteiger partial charge in [0.2, 0.25) is 5.96 Å². The normalized spacial score (nSPS) is 12.3. The molecule has 0 amide bonds. The molecular weight excluding hydrogens is 283 g/mol. The van der Waals surface area contributed by atoms with E-state index in [2.05, 4.69) is 9.98 Å².